The Morgan fingerprint density at radius 3 is 2.61 bits per heavy atom. The van der Waals surface area contributed by atoms with Crippen LogP contribution in [-0.4, -0.2) is 21.0 Å². The van der Waals surface area contributed by atoms with Crippen molar-refractivity contribution in [2.24, 2.45) is 5.16 Å². The number of hydrogen-bond donors (Lipinski definition) is 2. The zero-order chi connectivity index (χ0) is 17.0. The molecule has 122 valence electrons. The zero-order valence-corrected chi connectivity index (χ0v) is 14.4. The minimum absolute atomic E-state index is 0.170. The number of pyridine rings is 1. The number of benzene rings is 1. The Labute approximate surface area is 145 Å². The Morgan fingerprint density at radius 2 is 2.09 bits per heavy atom. The lowest BCUT2D eigenvalue weighted by Gasteiger charge is -2.36. The first-order chi connectivity index (χ1) is 10.9. The van der Waals surface area contributed by atoms with E-state index in [2.05, 4.69) is 10.1 Å². The molecule has 0 radical (unpaired) electrons. The van der Waals surface area contributed by atoms with E-state index in [4.69, 9.17) is 23.2 Å². The average Bonchev–Trinajstić information content (AvgIpc) is 2.57. The first-order valence-corrected chi connectivity index (χ1v) is 7.97. The highest BCUT2D eigenvalue weighted by Crippen LogP contribution is 2.43. The summed E-state index contributed by atoms with van der Waals surface area (Å²) >= 11 is 12.3. The molecule has 1 aromatic carbocycles. The molecule has 1 aromatic heterocycles. The van der Waals surface area contributed by atoms with Crippen LogP contribution < -0.4 is 0 Å². The molecule has 6 heteroatoms. The summed E-state index contributed by atoms with van der Waals surface area (Å²) in [7, 11) is 0. The number of aromatic nitrogens is 1. The van der Waals surface area contributed by atoms with Crippen molar-refractivity contribution in [1.82, 2.24) is 4.98 Å². The lowest BCUT2D eigenvalue weighted by atomic mass is 9.73. The monoisotopic (exact) mass is 352 g/mol. The van der Waals surface area contributed by atoms with Crippen molar-refractivity contribution in [2.75, 3.05) is 0 Å². The second kappa shape index (κ2) is 7.30. The van der Waals surface area contributed by atoms with Gasteiger partial charge in [-0.1, -0.05) is 47.4 Å². The fourth-order valence-electron chi connectivity index (χ4n) is 2.85. The molecule has 23 heavy (non-hydrogen) atoms. The molecule has 4 nitrogen and oxygen atoms in total. The fourth-order valence-corrected chi connectivity index (χ4v) is 3.39. The lowest BCUT2D eigenvalue weighted by Crippen LogP contribution is -2.40. The molecule has 1 heterocycles. The molecule has 0 spiro atoms. The summed E-state index contributed by atoms with van der Waals surface area (Å²) in [5.41, 5.74) is -0.0978. The zero-order valence-electron chi connectivity index (χ0n) is 12.9. The van der Waals surface area contributed by atoms with Crippen LogP contribution in [0.4, 0.5) is 0 Å². The molecule has 2 unspecified atom stereocenters. The highest BCUT2D eigenvalue weighted by Gasteiger charge is 2.42. The van der Waals surface area contributed by atoms with E-state index in [1.165, 1.54) is 0 Å². The summed E-state index contributed by atoms with van der Waals surface area (Å²) in [6, 6.07) is 8.61. The van der Waals surface area contributed by atoms with Crippen LogP contribution in [0.3, 0.4) is 0 Å². The van der Waals surface area contributed by atoms with Gasteiger partial charge in [-0.2, -0.15) is 0 Å². The van der Waals surface area contributed by atoms with Crippen molar-refractivity contribution in [1.29, 1.82) is 0 Å². The van der Waals surface area contributed by atoms with Crippen molar-refractivity contribution in [3.63, 3.8) is 0 Å². The molecule has 2 rings (SSSR count). The molecular weight excluding hydrogens is 335 g/mol. The van der Waals surface area contributed by atoms with E-state index in [0.29, 0.717) is 22.0 Å². The average molecular weight is 353 g/mol. The summed E-state index contributed by atoms with van der Waals surface area (Å²) in [4.78, 5) is 4.06. The van der Waals surface area contributed by atoms with Gasteiger partial charge in [0.25, 0.3) is 0 Å². The molecule has 2 N–H and O–H groups in total. The maximum Gasteiger partial charge on any atom is 0.139 e. The molecular formula is C17H18Cl2N2O2. The van der Waals surface area contributed by atoms with E-state index < -0.39 is 11.5 Å². The van der Waals surface area contributed by atoms with E-state index in [0.717, 1.165) is 5.56 Å². The number of hydrogen-bond acceptors (Lipinski definition) is 4. The van der Waals surface area contributed by atoms with Gasteiger partial charge >= 0.3 is 0 Å². The van der Waals surface area contributed by atoms with Gasteiger partial charge in [-0.25, -0.2) is 0 Å². The molecule has 0 aliphatic carbocycles. The van der Waals surface area contributed by atoms with E-state index in [-0.39, 0.29) is 5.71 Å². The van der Waals surface area contributed by atoms with Crippen molar-refractivity contribution >= 4 is 28.9 Å². The van der Waals surface area contributed by atoms with Crippen molar-refractivity contribution in [2.45, 2.75) is 31.8 Å². The molecule has 0 amide bonds. The van der Waals surface area contributed by atoms with Crippen LogP contribution in [0.25, 0.3) is 0 Å². The molecule has 0 saturated heterocycles. The molecule has 2 atom stereocenters. The van der Waals surface area contributed by atoms with Gasteiger partial charge in [0.1, 0.15) is 5.60 Å². The largest absolute Gasteiger partial charge is 0.411 e. The SMILES string of the molecule is CCC(c1ccc(Cl)cc1Cl)C(O)(C(C)=NO)c1cccnc1. The van der Waals surface area contributed by atoms with Crippen LogP contribution in [0.2, 0.25) is 10.0 Å². The Morgan fingerprint density at radius 1 is 1.35 bits per heavy atom. The molecule has 0 saturated carbocycles. The van der Waals surface area contributed by atoms with Crippen LogP contribution in [0, 0.1) is 0 Å². The topological polar surface area (TPSA) is 65.7 Å². The second-order valence-electron chi connectivity index (χ2n) is 5.32. The second-order valence-corrected chi connectivity index (χ2v) is 6.16. The number of rotatable bonds is 5. The van der Waals surface area contributed by atoms with Gasteiger partial charge in [0.05, 0.1) is 5.71 Å². The quantitative estimate of drug-likeness (QED) is 0.468. The van der Waals surface area contributed by atoms with Crippen molar-refractivity contribution in [3.05, 3.63) is 63.9 Å². The third-order valence-electron chi connectivity index (χ3n) is 4.05. The molecule has 0 fully saturated rings. The number of nitrogens with zero attached hydrogens (tertiary/aromatic N) is 2. The summed E-state index contributed by atoms with van der Waals surface area (Å²) in [5, 5.41) is 24.9. The van der Waals surface area contributed by atoms with Gasteiger partial charge in [-0.15, -0.1) is 0 Å². The lowest BCUT2D eigenvalue weighted by molar-refractivity contribution is 0.0721. The van der Waals surface area contributed by atoms with Gasteiger partial charge in [-0.05, 0) is 37.1 Å². The predicted molar refractivity (Wildman–Crippen MR) is 92.5 cm³/mol. The minimum atomic E-state index is -1.53. The third-order valence-corrected chi connectivity index (χ3v) is 4.62. The molecule has 2 aromatic rings. The number of halogens is 2. The van der Waals surface area contributed by atoms with Crippen LogP contribution >= 0.6 is 23.2 Å². The van der Waals surface area contributed by atoms with Crippen molar-refractivity contribution < 1.29 is 10.3 Å². The third kappa shape index (κ3) is 3.34. The van der Waals surface area contributed by atoms with Gasteiger partial charge < -0.3 is 10.3 Å². The van der Waals surface area contributed by atoms with Crippen LogP contribution in [0.5, 0.6) is 0 Å². The fraction of sp³-hybridized carbons (Fsp3) is 0.294. The summed E-state index contributed by atoms with van der Waals surface area (Å²) in [6.07, 6.45) is 3.74. The van der Waals surface area contributed by atoms with Gasteiger partial charge in [0, 0.05) is 33.9 Å². The van der Waals surface area contributed by atoms with Crippen molar-refractivity contribution in [3.8, 4) is 0 Å². The summed E-state index contributed by atoms with van der Waals surface area (Å²) < 4.78 is 0. The number of oxime groups is 1. The Hall–Kier alpha value is -1.62. The van der Waals surface area contributed by atoms with Crippen LogP contribution in [0.1, 0.15) is 37.3 Å². The summed E-state index contributed by atoms with van der Waals surface area (Å²) in [5.74, 6) is -0.424. The Kier molecular flexibility index (Phi) is 5.63. The smallest absolute Gasteiger partial charge is 0.139 e. The van der Waals surface area contributed by atoms with Gasteiger partial charge in [0.2, 0.25) is 0 Å². The Bertz CT molecular complexity index is 707. The summed E-state index contributed by atoms with van der Waals surface area (Å²) in [6.45, 7) is 3.50. The Balaban J connectivity index is 2.66. The number of aliphatic hydroxyl groups is 1. The standard InChI is InChI=1S/C17H18Cl2N2O2/c1-3-15(14-7-6-13(18)9-16(14)19)17(22,11(2)21-23)12-5-4-8-20-10-12/h4-10,15,22-23H,3H2,1-2H3. The minimum Gasteiger partial charge on any atom is -0.411 e. The van der Waals surface area contributed by atoms with E-state index >= 15 is 0 Å². The maximum absolute atomic E-state index is 11.4. The maximum atomic E-state index is 11.4. The van der Waals surface area contributed by atoms with E-state index in [1.54, 1.807) is 49.6 Å². The van der Waals surface area contributed by atoms with Gasteiger partial charge in [0.15, 0.2) is 0 Å². The normalized spacial score (nSPS) is 16.0. The van der Waals surface area contributed by atoms with Crippen LogP contribution in [-0.2, 0) is 5.60 Å². The molecule has 0 aliphatic rings. The highest BCUT2D eigenvalue weighted by molar-refractivity contribution is 6.35. The molecule has 0 aliphatic heterocycles. The first-order valence-electron chi connectivity index (χ1n) is 7.22. The van der Waals surface area contributed by atoms with Gasteiger partial charge in [-0.3, -0.25) is 4.98 Å². The highest BCUT2D eigenvalue weighted by atomic mass is 35.5. The predicted octanol–water partition coefficient (Wildman–Crippen LogP) is 4.62. The first kappa shape index (κ1) is 17.7. The van der Waals surface area contributed by atoms with E-state index in [1.807, 2.05) is 6.92 Å². The molecule has 0 bridgehead atoms. The van der Waals surface area contributed by atoms with E-state index in [9.17, 15) is 10.3 Å². The van der Waals surface area contributed by atoms with Crippen LogP contribution in [0.15, 0.2) is 47.9 Å².